The van der Waals surface area contributed by atoms with E-state index in [2.05, 4.69) is 16.8 Å². The first-order chi connectivity index (χ1) is 17.5. The van der Waals surface area contributed by atoms with Gasteiger partial charge in [0.25, 0.3) is 5.91 Å². The standard InChI is InChI=1S/C29H29N3O3S/c1-21(2)32(29(34)26-14-8-18-36-26)20-27(33)31-17-16-30-15-7-13-25(30)28(31)22-9-6-12-24(19-22)35-23-10-4-3-5-11-23/h3-15,18-19,21,28H,16-17,20H2,1-2H3. The number of hydrogen-bond acceptors (Lipinski definition) is 4. The zero-order valence-electron chi connectivity index (χ0n) is 20.4. The molecule has 0 saturated heterocycles. The third-order valence-corrected chi connectivity index (χ3v) is 7.29. The van der Waals surface area contributed by atoms with Crippen LogP contribution in [0.25, 0.3) is 0 Å². The van der Waals surface area contributed by atoms with E-state index in [1.165, 1.54) is 11.3 Å². The van der Waals surface area contributed by atoms with E-state index in [-0.39, 0.29) is 30.4 Å². The molecule has 4 aromatic rings. The molecule has 184 valence electrons. The summed E-state index contributed by atoms with van der Waals surface area (Å²) in [5, 5.41) is 1.88. The molecule has 1 atom stereocenters. The molecule has 0 N–H and O–H groups in total. The predicted octanol–water partition coefficient (Wildman–Crippen LogP) is 5.82. The highest BCUT2D eigenvalue weighted by Gasteiger charge is 2.34. The molecule has 7 heteroatoms. The normalized spacial score (nSPS) is 15.0. The lowest BCUT2D eigenvalue weighted by Gasteiger charge is -2.39. The minimum Gasteiger partial charge on any atom is -0.457 e. The Morgan fingerprint density at radius 2 is 1.78 bits per heavy atom. The highest BCUT2D eigenvalue weighted by atomic mass is 32.1. The number of fused-ring (bicyclic) bond motifs is 1. The molecule has 2 amide bonds. The van der Waals surface area contributed by atoms with E-state index < -0.39 is 0 Å². The van der Waals surface area contributed by atoms with Gasteiger partial charge in [0.1, 0.15) is 18.0 Å². The van der Waals surface area contributed by atoms with Crippen molar-refractivity contribution in [1.29, 1.82) is 0 Å². The summed E-state index contributed by atoms with van der Waals surface area (Å²) in [6.07, 6.45) is 2.05. The fourth-order valence-corrected chi connectivity index (χ4v) is 5.32. The Labute approximate surface area is 215 Å². The van der Waals surface area contributed by atoms with E-state index in [0.29, 0.717) is 23.7 Å². The van der Waals surface area contributed by atoms with E-state index in [1.807, 2.05) is 96.9 Å². The van der Waals surface area contributed by atoms with Gasteiger partial charge in [0, 0.05) is 31.0 Å². The fourth-order valence-electron chi connectivity index (χ4n) is 4.64. The van der Waals surface area contributed by atoms with Gasteiger partial charge < -0.3 is 19.1 Å². The van der Waals surface area contributed by atoms with E-state index >= 15 is 0 Å². The third kappa shape index (κ3) is 4.93. The summed E-state index contributed by atoms with van der Waals surface area (Å²) >= 11 is 1.40. The molecule has 1 unspecified atom stereocenters. The summed E-state index contributed by atoms with van der Waals surface area (Å²) in [4.78, 5) is 31.1. The molecule has 5 rings (SSSR count). The lowest BCUT2D eigenvalue weighted by atomic mass is 9.99. The van der Waals surface area contributed by atoms with Crippen molar-refractivity contribution >= 4 is 23.2 Å². The largest absolute Gasteiger partial charge is 0.457 e. The second-order valence-electron chi connectivity index (χ2n) is 9.11. The molecule has 2 aromatic carbocycles. The predicted molar refractivity (Wildman–Crippen MR) is 141 cm³/mol. The molecule has 36 heavy (non-hydrogen) atoms. The van der Waals surface area contributed by atoms with Crippen LogP contribution in [0.3, 0.4) is 0 Å². The number of amides is 2. The summed E-state index contributed by atoms with van der Waals surface area (Å²) < 4.78 is 8.27. The van der Waals surface area contributed by atoms with E-state index in [9.17, 15) is 9.59 Å². The minimum absolute atomic E-state index is 0.0335. The van der Waals surface area contributed by atoms with Crippen LogP contribution in [0.1, 0.15) is 40.8 Å². The molecular weight excluding hydrogens is 470 g/mol. The number of rotatable bonds is 7. The van der Waals surface area contributed by atoms with Gasteiger partial charge >= 0.3 is 0 Å². The molecular formula is C29H29N3O3S. The number of carbonyl (C=O) groups is 2. The van der Waals surface area contributed by atoms with Crippen molar-refractivity contribution in [1.82, 2.24) is 14.4 Å². The van der Waals surface area contributed by atoms with Crippen LogP contribution >= 0.6 is 11.3 Å². The number of nitrogens with zero attached hydrogens (tertiary/aromatic N) is 3. The van der Waals surface area contributed by atoms with Crippen LogP contribution in [0, 0.1) is 0 Å². The Balaban J connectivity index is 1.44. The molecule has 3 heterocycles. The van der Waals surface area contributed by atoms with Crippen LogP contribution in [-0.4, -0.2) is 45.3 Å². The summed E-state index contributed by atoms with van der Waals surface area (Å²) in [6, 6.07) is 24.9. The van der Waals surface area contributed by atoms with Crippen LogP contribution in [0.4, 0.5) is 0 Å². The van der Waals surface area contributed by atoms with Gasteiger partial charge in [-0.2, -0.15) is 0 Å². The molecule has 0 bridgehead atoms. The Morgan fingerprint density at radius 1 is 0.972 bits per heavy atom. The maximum absolute atomic E-state index is 13.8. The lowest BCUT2D eigenvalue weighted by molar-refractivity contribution is -0.135. The van der Waals surface area contributed by atoms with E-state index in [1.54, 1.807) is 4.90 Å². The van der Waals surface area contributed by atoms with E-state index in [4.69, 9.17) is 4.74 Å². The molecule has 2 aromatic heterocycles. The highest BCUT2D eigenvalue weighted by molar-refractivity contribution is 7.12. The topological polar surface area (TPSA) is 54.8 Å². The Hall–Kier alpha value is -3.84. The number of carbonyl (C=O) groups excluding carboxylic acids is 2. The first kappa shape index (κ1) is 23.9. The molecule has 0 saturated carbocycles. The van der Waals surface area contributed by atoms with Crippen molar-refractivity contribution in [3.05, 3.63) is 107 Å². The smallest absolute Gasteiger partial charge is 0.264 e. The summed E-state index contributed by atoms with van der Waals surface area (Å²) in [7, 11) is 0. The van der Waals surface area contributed by atoms with Gasteiger partial charge in [-0.15, -0.1) is 11.3 Å². The van der Waals surface area contributed by atoms with Crippen LogP contribution in [0.15, 0.2) is 90.4 Å². The van der Waals surface area contributed by atoms with Gasteiger partial charge in [-0.05, 0) is 67.3 Å². The molecule has 6 nitrogen and oxygen atoms in total. The second-order valence-corrected chi connectivity index (χ2v) is 10.1. The summed E-state index contributed by atoms with van der Waals surface area (Å²) in [5.41, 5.74) is 2.02. The quantitative estimate of drug-likeness (QED) is 0.322. The van der Waals surface area contributed by atoms with Gasteiger partial charge in [0.15, 0.2) is 0 Å². The second kappa shape index (κ2) is 10.4. The average Bonchev–Trinajstić information content (AvgIpc) is 3.59. The van der Waals surface area contributed by atoms with Crippen molar-refractivity contribution < 1.29 is 14.3 Å². The summed E-state index contributed by atoms with van der Waals surface area (Å²) in [5.74, 6) is 1.30. The highest BCUT2D eigenvalue weighted by Crippen LogP contribution is 2.35. The van der Waals surface area contributed by atoms with Crippen molar-refractivity contribution in [2.24, 2.45) is 0 Å². The van der Waals surface area contributed by atoms with Crippen LogP contribution in [-0.2, 0) is 11.3 Å². The SMILES string of the molecule is CC(C)N(CC(=O)N1CCn2cccc2C1c1cccc(Oc2ccccc2)c1)C(=O)c1cccs1. The zero-order valence-corrected chi connectivity index (χ0v) is 21.2. The van der Waals surface area contributed by atoms with Crippen molar-refractivity contribution in [2.45, 2.75) is 32.5 Å². The van der Waals surface area contributed by atoms with Crippen LogP contribution in [0.2, 0.25) is 0 Å². The molecule has 1 aliphatic heterocycles. The number of para-hydroxylation sites is 1. The zero-order chi connectivity index (χ0) is 25.1. The molecule has 0 aliphatic carbocycles. The van der Waals surface area contributed by atoms with Crippen LogP contribution < -0.4 is 4.74 Å². The van der Waals surface area contributed by atoms with Gasteiger partial charge in [-0.25, -0.2) is 0 Å². The Morgan fingerprint density at radius 3 is 2.53 bits per heavy atom. The molecule has 0 radical (unpaired) electrons. The Kier molecular flexibility index (Phi) is 6.91. The number of aromatic nitrogens is 1. The monoisotopic (exact) mass is 499 g/mol. The van der Waals surface area contributed by atoms with Crippen molar-refractivity contribution in [2.75, 3.05) is 13.1 Å². The van der Waals surface area contributed by atoms with Gasteiger partial charge in [-0.1, -0.05) is 36.4 Å². The number of benzene rings is 2. The van der Waals surface area contributed by atoms with Crippen LogP contribution in [0.5, 0.6) is 11.5 Å². The maximum atomic E-state index is 13.8. The van der Waals surface area contributed by atoms with Crippen molar-refractivity contribution in [3.8, 4) is 11.5 Å². The van der Waals surface area contributed by atoms with Gasteiger partial charge in [-0.3, -0.25) is 9.59 Å². The average molecular weight is 500 g/mol. The lowest BCUT2D eigenvalue weighted by Crippen LogP contribution is -2.49. The number of thiophene rings is 1. The first-order valence-electron chi connectivity index (χ1n) is 12.1. The number of hydrogen-bond donors (Lipinski definition) is 0. The minimum atomic E-state index is -0.272. The van der Waals surface area contributed by atoms with Gasteiger partial charge in [0.2, 0.25) is 5.91 Å². The molecule has 0 spiro atoms. The van der Waals surface area contributed by atoms with E-state index in [0.717, 1.165) is 17.0 Å². The maximum Gasteiger partial charge on any atom is 0.264 e. The summed E-state index contributed by atoms with van der Waals surface area (Å²) in [6.45, 7) is 5.20. The molecule has 0 fully saturated rings. The first-order valence-corrected chi connectivity index (χ1v) is 13.0. The van der Waals surface area contributed by atoms with Crippen molar-refractivity contribution in [3.63, 3.8) is 0 Å². The third-order valence-electron chi connectivity index (χ3n) is 6.43. The fraction of sp³-hybridized carbons (Fsp3) is 0.241. The number of ether oxygens (including phenoxy) is 1. The molecule has 1 aliphatic rings. The van der Waals surface area contributed by atoms with Gasteiger partial charge in [0.05, 0.1) is 10.9 Å². The Bertz CT molecular complexity index is 1330.